The third kappa shape index (κ3) is 3.20. The van der Waals surface area contributed by atoms with E-state index in [2.05, 4.69) is 5.32 Å². The van der Waals surface area contributed by atoms with Gasteiger partial charge in [0.1, 0.15) is 17.1 Å². The van der Waals surface area contributed by atoms with E-state index < -0.39 is 5.63 Å². The van der Waals surface area contributed by atoms with E-state index >= 15 is 0 Å². The van der Waals surface area contributed by atoms with E-state index in [1.807, 2.05) is 0 Å². The van der Waals surface area contributed by atoms with Crippen LogP contribution in [-0.4, -0.2) is 34.4 Å². The lowest BCUT2D eigenvalue weighted by atomic mass is 10.0. The molecular formula is C15H17NO6. The Bertz CT molecular complexity index is 765. The Hall–Kier alpha value is -2.54. The summed E-state index contributed by atoms with van der Waals surface area (Å²) in [4.78, 5) is 23.8. The number of phenolic OH excluding ortho intramolecular Hbond substituents is 2. The molecule has 0 atom stereocenters. The summed E-state index contributed by atoms with van der Waals surface area (Å²) in [5.41, 5.74) is -0.0483. The number of carbonyl (C=O) groups excluding carboxylic acids is 1. The summed E-state index contributed by atoms with van der Waals surface area (Å²) in [5, 5.41) is 30.9. The van der Waals surface area contributed by atoms with Gasteiger partial charge in [-0.15, -0.1) is 0 Å². The van der Waals surface area contributed by atoms with Gasteiger partial charge < -0.3 is 25.1 Å². The maximum atomic E-state index is 12.0. The van der Waals surface area contributed by atoms with Crippen molar-refractivity contribution in [2.24, 2.45) is 0 Å². The molecule has 7 heteroatoms. The van der Waals surface area contributed by atoms with Crippen LogP contribution in [0.2, 0.25) is 0 Å². The fourth-order valence-corrected chi connectivity index (χ4v) is 2.24. The van der Waals surface area contributed by atoms with Gasteiger partial charge in [0.05, 0.1) is 17.4 Å². The summed E-state index contributed by atoms with van der Waals surface area (Å²) in [7, 11) is 0. The van der Waals surface area contributed by atoms with Crippen LogP contribution in [-0.2, 0) is 11.2 Å². The number of amides is 1. The Morgan fingerprint density at radius 3 is 2.73 bits per heavy atom. The Morgan fingerprint density at radius 2 is 2.05 bits per heavy atom. The molecule has 118 valence electrons. The van der Waals surface area contributed by atoms with E-state index in [1.165, 1.54) is 6.07 Å². The van der Waals surface area contributed by atoms with Crippen LogP contribution in [0, 0.1) is 6.92 Å². The van der Waals surface area contributed by atoms with E-state index in [4.69, 9.17) is 9.52 Å². The van der Waals surface area contributed by atoms with E-state index in [1.54, 1.807) is 6.92 Å². The van der Waals surface area contributed by atoms with Crippen molar-refractivity contribution in [3.63, 3.8) is 0 Å². The van der Waals surface area contributed by atoms with Crippen molar-refractivity contribution in [1.82, 2.24) is 5.32 Å². The number of fused-ring (bicyclic) bond motifs is 1. The van der Waals surface area contributed by atoms with Gasteiger partial charge in [-0.1, -0.05) is 0 Å². The van der Waals surface area contributed by atoms with Gasteiger partial charge in [0, 0.05) is 25.3 Å². The third-order valence-electron chi connectivity index (χ3n) is 3.34. The smallest absolute Gasteiger partial charge is 0.340 e. The van der Waals surface area contributed by atoms with Crippen molar-refractivity contribution in [1.29, 1.82) is 0 Å². The summed E-state index contributed by atoms with van der Waals surface area (Å²) in [6.45, 7) is 1.88. The second-order valence-corrected chi connectivity index (χ2v) is 4.93. The van der Waals surface area contributed by atoms with Crippen LogP contribution in [0.15, 0.2) is 21.3 Å². The number of hydrogen-bond donors (Lipinski definition) is 4. The Kier molecular flexibility index (Phi) is 4.67. The maximum Gasteiger partial charge on any atom is 0.340 e. The number of aryl methyl sites for hydroxylation is 1. The van der Waals surface area contributed by atoms with Crippen LogP contribution in [0.5, 0.6) is 11.5 Å². The second kappa shape index (κ2) is 6.48. The SMILES string of the molecule is Cc1c(CC(=O)NCCCO)c(=O)oc2cc(O)cc(O)c12. The van der Waals surface area contributed by atoms with E-state index in [0.717, 1.165) is 6.07 Å². The zero-order valence-electron chi connectivity index (χ0n) is 12.0. The Labute approximate surface area is 125 Å². The monoisotopic (exact) mass is 307 g/mol. The molecule has 1 aromatic carbocycles. The molecule has 0 bridgehead atoms. The molecule has 2 aromatic rings. The fourth-order valence-electron chi connectivity index (χ4n) is 2.24. The Morgan fingerprint density at radius 1 is 1.32 bits per heavy atom. The molecule has 1 aromatic heterocycles. The second-order valence-electron chi connectivity index (χ2n) is 4.93. The number of aliphatic hydroxyl groups excluding tert-OH is 1. The number of hydrogen-bond acceptors (Lipinski definition) is 6. The minimum Gasteiger partial charge on any atom is -0.508 e. The summed E-state index contributed by atoms with van der Waals surface area (Å²) in [6.07, 6.45) is 0.243. The summed E-state index contributed by atoms with van der Waals surface area (Å²) in [6, 6.07) is 2.37. The molecule has 0 unspecified atom stereocenters. The number of phenols is 2. The van der Waals surface area contributed by atoms with Gasteiger partial charge in [-0.25, -0.2) is 4.79 Å². The molecule has 0 saturated carbocycles. The van der Waals surface area contributed by atoms with Crippen LogP contribution < -0.4 is 10.9 Å². The molecule has 0 fully saturated rings. The maximum absolute atomic E-state index is 12.0. The molecule has 1 heterocycles. The van der Waals surface area contributed by atoms with Crippen molar-refractivity contribution < 1.29 is 24.5 Å². The molecule has 0 aliphatic rings. The number of aliphatic hydroxyl groups is 1. The molecule has 0 aliphatic carbocycles. The van der Waals surface area contributed by atoms with E-state index in [0.29, 0.717) is 18.5 Å². The summed E-state index contributed by atoms with van der Waals surface area (Å²) >= 11 is 0. The van der Waals surface area contributed by atoms with E-state index in [9.17, 15) is 19.8 Å². The van der Waals surface area contributed by atoms with Gasteiger partial charge in [-0.3, -0.25) is 4.79 Å². The van der Waals surface area contributed by atoms with Crippen molar-refractivity contribution in [3.8, 4) is 11.5 Å². The lowest BCUT2D eigenvalue weighted by molar-refractivity contribution is -0.120. The molecule has 2 rings (SSSR count). The summed E-state index contributed by atoms with van der Waals surface area (Å²) < 4.78 is 5.07. The first-order chi connectivity index (χ1) is 10.4. The van der Waals surface area contributed by atoms with Gasteiger partial charge in [-0.05, 0) is 18.9 Å². The highest BCUT2D eigenvalue weighted by molar-refractivity contribution is 5.89. The highest BCUT2D eigenvalue weighted by atomic mass is 16.4. The minimum atomic E-state index is -0.688. The van der Waals surface area contributed by atoms with Gasteiger partial charge in [0.15, 0.2) is 0 Å². The molecule has 7 nitrogen and oxygen atoms in total. The molecule has 0 radical (unpaired) electrons. The number of rotatable bonds is 5. The fraction of sp³-hybridized carbons (Fsp3) is 0.333. The molecule has 22 heavy (non-hydrogen) atoms. The first-order valence-corrected chi connectivity index (χ1v) is 6.80. The van der Waals surface area contributed by atoms with Crippen LogP contribution in [0.1, 0.15) is 17.5 Å². The highest BCUT2D eigenvalue weighted by Crippen LogP contribution is 2.32. The number of aromatic hydroxyl groups is 2. The average molecular weight is 307 g/mol. The summed E-state index contributed by atoms with van der Waals surface area (Å²) in [5.74, 6) is -0.818. The molecule has 1 amide bonds. The molecule has 0 aliphatic heterocycles. The zero-order valence-corrected chi connectivity index (χ0v) is 12.0. The quantitative estimate of drug-likeness (QED) is 0.473. The Balaban J connectivity index is 2.39. The normalized spacial score (nSPS) is 10.8. The van der Waals surface area contributed by atoms with E-state index in [-0.39, 0.29) is 47.0 Å². The predicted octanol–water partition coefficient (Wildman–Crippen LogP) is 0.554. The number of benzene rings is 1. The third-order valence-corrected chi connectivity index (χ3v) is 3.34. The van der Waals surface area contributed by atoms with Crippen molar-refractivity contribution >= 4 is 16.9 Å². The van der Waals surface area contributed by atoms with Crippen LogP contribution in [0.4, 0.5) is 0 Å². The zero-order chi connectivity index (χ0) is 16.3. The number of nitrogens with one attached hydrogen (secondary N) is 1. The molecule has 0 spiro atoms. The first-order valence-electron chi connectivity index (χ1n) is 6.80. The lowest BCUT2D eigenvalue weighted by Crippen LogP contribution is -2.29. The molecular weight excluding hydrogens is 290 g/mol. The predicted molar refractivity (Wildman–Crippen MR) is 79.0 cm³/mol. The average Bonchev–Trinajstić information content (AvgIpc) is 2.42. The van der Waals surface area contributed by atoms with Crippen molar-refractivity contribution in [2.75, 3.05) is 13.2 Å². The van der Waals surface area contributed by atoms with Crippen molar-refractivity contribution in [2.45, 2.75) is 19.8 Å². The molecule has 4 N–H and O–H groups in total. The van der Waals surface area contributed by atoms with Gasteiger partial charge in [0.25, 0.3) is 0 Å². The largest absolute Gasteiger partial charge is 0.508 e. The topological polar surface area (TPSA) is 120 Å². The van der Waals surface area contributed by atoms with Crippen LogP contribution in [0.3, 0.4) is 0 Å². The first kappa shape index (κ1) is 15.8. The van der Waals surface area contributed by atoms with Crippen LogP contribution >= 0.6 is 0 Å². The van der Waals surface area contributed by atoms with Crippen molar-refractivity contribution in [3.05, 3.63) is 33.7 Å². The minimum absolute atomic E-state index is 0.0329. The molecule has 0 saturated heterocycles. The van der Waals surface area contributed by atoms with Crippen LogP contribution in [0.25, 0.3) is 11.0 Å². The van der Waals surface area contributed by atoms with Gasteiger partial charge in [0.2, 0.25) is 5.91 Å². The van der Waals surface area contributed by atoms with Gasteiger partial charge >= 0.3 is 5.63 Å². The highest BCUT2D eigenvalue weighted by Gasteiger charge is 2.17. The number of carbonyl (C=O) groups is 1. The van der Waals surface area contributed by atoms with Gasteiger partial charge in [-0.2, -0.15) is 0 Å². The lowest BCUT2D eigenvalue weighted by Gasteiger charge is -2.09. The standard InChI is InChI=1S/C15H17NO6/c1-8-10(7-13(20)16-3-2-4-17)15(21)22-12-6-9(18)5-11(19)14(8)12/h5-6,17-19H,2-4,7H2,1H3,(H,16,20).